The highest BCUT2D eigenvalue weighted by Gasteiger charge is 2.33. The van der Waals surface area contributed by atoms with Crippen LogP contribution in [-0.4, -0.2) is 55.7 Å². The van der Waals surface area contributed by atoms with Crippen LogP contribution in [0.15, 0.2) is 0 Å². The monoisotopic (exact) mass is 335 g/mol. The van der Waals surface area contributed by atoms with E-state index in [-0.39, 0.29) is 11.9 Å². The SMILES string of the molecule is CC(CC(=O)NC1CCN(CC(F)(F)F)CC1)C1CCCNC1. The lowest BCUT2D eigenvalue weighted by atomic mass is 9.85. The summed E-state index contributed by atoms with van der Waals surface area (Å²) < 4.78 is 37.1. The molecule has 2 atom stereocenters. The smallest absolute Gasteiger partial charge is 0.353 e. The van der Waals surface area contributed by atoms with Crippen molar-refractivity contribution in [1.29, 1.82) is 0 Å². The summed E-state index contributed by atoms with van der Waals surface area (Å²) >= 11 is 0. The van der Waals surface area contributed by atoms with Crippen molar-refractivity contribution in [2.75, 3.05) is 32.7 Å². The fraction of sp³-hybridized carbons (Fsp3) is 0.938. The van der Waals surface area contributed by atoms with Gasteiger partial charge < -0.3 is 10.6 Å². The van der Waals surface area contributed by atoms with Gasteiger partial charge in [0.1, 0.15) is 0 Å². The van der Waals surface area contributed by atoms with Gasteiger partial charge in [-0.05, 0) is 50.6 Å². The summed E-state index contributed by atoms with van der Waals surface area (Å²) in [6.07, 6.45) is -0.109. The first kappa shape index (κ1) is 18.5. The first-order valence-electron chi connectivity index (χ1n) is 8.62. The number of amides is 1. The summed E-state index contributed by atoms with van der Waals surface area (Å²) in [5.74, 6) is 0.925. The van der Waals surface area contributed by atoms with Crippen molar-refractivity contribution >= 4 is 5.91 Å². The molecule has 0 aliphatic carbocycles. The lowest BCUT2D eigenvalue weighted by Crippen LogP contribution is -2.47. The molecule has 2 aliphatic rings. The Kier molecular flexibility index (Phi) is 6.71. The summed E-state index contributed by atoms with van der Waals surface area (Å²) in [6.45, 7) is 4.10. The van der Waals surface area contributed by atoms with Crippen LogP contribution in [0.4, 0.5) is 13.2 Å². The van der Waals surface area contributed by atoms with E-state index in [1.54, 1.807) is 0 Å². The number of carbonyl (C=O) groups excluding carboxylic acids is 1. The molecule has 2 heterocycles. The van der Waals surface area contributed by atoms with Crippen LogP contribution < -0.4 is 10.6 Å². The molecule has 2 rings (SSSR count). The lowest BCUT2D eigenvalue weighted by molar-refractivity contribution is -0.148. The second-order valence-electron chi connectivity index (χ2n) is 7.02. The maximum absolute atomic E-state index is 12.4. The van der Waals surface area contributed by atoms with Crippen molar-refractivity contribution in [3.8, 4) is 0 Å². The second kappa shape index (κ2) is 8.33. The van der Waals surface area contributed by atoms with Gasteiger partial charge in [-0.25, -0.2) is 0 Å². The Bertz CT molecular complexity index is 375. The number of nitrogens with zero attached hydrogens (tertiary/aromatic N) is 1. The van der Waals surface area contributed by atoms with Crippen LogP contribution in [0.2, 0.25) is 0 Å². The van der Waals surface area contributed by atoms with Crippen LogP contribution >= 0.6 is 0 Å². The van der Waals surface area contributed by atoms with E-state index in [9.17, 15) is 18.0 Å². The van der Waals surface area contributed by atoms with Crippen LogP contribution in [-0.2, 0) is 4.79 Å². The van der Waals surface area contributed by atoms with Gasteiger partial charge in [0.15, 0.2) is 0 Å². The minimum Gasteiger partial charge on any atom is -0.353 e. The van der Waals surface area contributed by atoms with Crippen molar-refractivity contribution in [3.63, 3.8) is 0 Å². The molecule has 0 spiro atoms. The molecule has 7 heteroatoms. The number of piperidine rings is 2. The quantitative estimate of drug-likeness (QED) is 0.809. The number of halogens is 3. The summed E-state index contributed by atoms with van der Waals surface area (Å²) in [5.41, 5.74) is 0. The topological polar surface area (TPSA) is 44.4 Å². The Morgan fingerprint density at radius 2 is 2.00 bits per heavy atom. The number of carbonyl (C=O) groups is 1. The summed E-state index contributed by atoms with van der Waals surface area (Å²) in [5, 5.41) is 6.37. The number of hydrogen-bond donors (Lipinski definition) is 2. The molecule has 0 bridgehead atoms. The maximum Gasteiger partial charge on any atom is 0.401 e. The highest BCUT2D eigenvalue weighted by atomic mass is 19.4. The van der Waals surface area contributed by atoms with Gasteiger partial charge in [-0.1, -0.05) is 6.92 Å². The average Bonchev–Trinajstić information content (AvgIpc) is 2.48. The molecule has 2 aliphatic heterocycles. The first-order valence-corrected chi connectivity index (χ1v) is 8.62. The molecular formula is C16H28F3N3O. The van der Waals surface area contributed by atoms with Gasteiger partial charge in [-0.2, -0.15) is 13.2 Å². The van der Waals surface area contributed by atoms with E-state index in [4.69, 9.17) is 0 Å². The minimum absolute atomic E-state index is 0.0173. The molecule has 0 aromatic heterocycles. The van der Waals surface area contributed by atoms with Crippen molar-refractivity contribution in [3.05, 3.63) is 0 Å². The standard InChI is InChI=1S/C16H28F3N3O/c1-12(13-3-2-6-20-10-13)9-15(23)21-14-4-7-22(8-5-14)11-16(17,18)19/h12-14,20H,2-11H2,1H3,(H,21,23). The van der Waals surface area contributed by atoms with E-state index in [1.807, 2.05) is 0 Å². The number of likely N-dealkylation sites (tertiary alicyclic amines) is 1. The van der Waals surface area contributed by atoms with Crippen molar-refractivity contribution in [2.24, 2.45) is 11.8 Å². The van der Waals surface area contributed by atoms with Gasteiger partial charge in [0.25, 0.3) is 0 Å². The van der Waals surface area contributed by atoms with E-state index < -0.39 is 12.7 Å². The van der Waals surface area contributed by atoms with E-state index in [0.717, 1.165) is 25.9 Å². The summed E-state index contributed by atoms with van der Waals surface area (Å²) in [4.78, 5) is 13.6. The molecule has 134 valence electrons. The number of nitrogens with one attached hydrogen (secondary N) is 2. The van der Waals surface area contributed by atoms with Gasteiger partial charge in [0.2, 0.25) is 5.91 Å². The lowest BCUT2D eigenvalue weighted by Gasteiger charge is -2.33. The third-order valence-electron chi connectivity index (χ3n) is 5.00. The van der Waals surface area contributed by atoms with Gasteiger partial charge in [0.05, 0.1) is 6.54 Å². The van der Waals surface area contributed by atoms with Crippen molar-refractivity contribution < 1.29 is 18.0 Å². The number of rotatable bonds is 5. The molecule has 0 aromatic carbocycles. The zero-order chi connectivity index (χ0) is 16.9. The number of hydrogen-bond acceptors (Lipinski definition) is 3. The van der Waals surface area contributed by atoms with Gasteiger partial charge in [-0.15, -0.1) is 0 Å². The molecule has 23 heavy (non-hydrogen) atoms. The van der Waals surface area contributed by atoms with Crippen molar-refractivity contribution in [1.82, 2.24) is 15.5 Å². The van der Waals surface area contributed by atoms with Crippen LogP contribution in [0.1, 0.15) is 39.0 Å². The molecule has 0 saturated carbocycles. The number of alkyl halides is 3. The van der Waals surface area contributed by atoms with Gasteiger partial charge in [-0.3, -0.25) is 9.69 Å². The van der Waals surface area contributed by atoms with Crippen molar-refractivity contribution in [2.45, 2.75) is 51.2 Å². The Morgan fingerprint density at radius 3 is 2.57 bits per heavy atom. The highest BCUT2D eigenvalue weighted by Crippen LogP contribution is 2.23. The second-order valence-corrected chi connectivity index (χ2v) is 7.02. The van der Waals surface area contributed by atoms with Gasteiger partial charge in [0, 0.05) is 25.6 Å². The molecule has 0 aromatic rings. The molecule has 0 radical (unpaired) electrons. The molecule has 2 N–H and O–H groups in total. The third-order valence-corrected chi connectivity index (χ3v) is 5.00. The van der Waals surface area contributed by atoms with Gasteiger partial charge >= 0.3 is 6.18 Å². The van der Waals surface area contributed by atoms with Crippen LogP contribution in [0.3, 0.4) is 0 Å². The molecule has 1 amide bonds. The largest absolute Gasteiger partial charge is 0.401 e. The zero-order valence-corrected chi connectivity index (χ0v) is 13.8. The maximum atomic E-state index is 12.4. The Morgan fingerprint density at radius 1 is 1.30 bits per heavy atom. The third kappa shape index (κ3) is 6.67. The van der Waals surface area contributed by atoms with Crippen LogP contribution in [0, 0.1) is 11.8 Å². The Balaban J connectivity index is 1.66. The zero-order valence-electron chi connectivity index (χ0n) is 13.8. The van der Waals surface area contributed by atoms with Crippen LogP contribution in [0.5, 0.6) is 0 Å². The molecular weight excluding hydrogens is 307 g/mol. The minimum atomic E-state index is -4.14. The van der Waals surface area contributed by atoms with E-state index in [2.05, 4.69) is 17.6 Å². The van der Waals surface area contributed by atoms with E-state index >= 15 is 0 Å². The normalized spacial score (nSPS) is 26.0. The predicted molar refractivity (Wildman–Crippen MR) is 83.0 cm³/mol. The molecule has 2 unspecified atom stereocenters. The Hall–Kier alpha value is -0.820. The summed E-state index contributed by atoms with van der Waals surface area (Å²) in [7, 11) is 0. The van der Waals surface area contributed by atoms with Crippen LogP contribution in [0.25, 0.3) is 0 Å². The molecule has 2 fully saturated rings. The fourth-order valence-corrected chi connectivity index (χ4v) is 3.60. The summed E-state index contributed by atoms with van der Waals surface area (Å²) in [6, 6.07) is 0.0173. The fourth-order valence-electron chi connectivity index (χ4n) is 3.60. The average molecular weight is 335 g/mol. The Labute approximate surface area is 136 Å². The van der Waals surface area contributed by atoms with E-state index in [1.165, 1.54) is 4.90 Å². The first-order chi connectivity index (χ1) is 10.8. The predicted octanol–water partition coefficient (Wildman–Crippen LogP) is 2.16. The highest BCUT2D eigenvalue weighted by molar-refractivity contribution is 5.76. The molecule has 2 saturated heterocycles. The van der Waals surface area contributed by atoms with E-state index in [0.29, 0.717) is 44.2 Å². The molecule has 4 nitrogen and oxygen atoms in total.